The monoisotopic (exact) mass is 2040 g/mol. The predicted octanol–water partition coefficient (Wildman–Crippen LogP) is 16.4. The van der Waals surface area contributed by atoms with Gasteiger partial charge in [-0.15, -0.1) is 0 Å². The van der Waals surface area contributed by atoms with Gasteiger partial charge in [0.1, 0.15) is 79.9 Å². The number of aliphatic carboxylic acids is 8. The number of carboxylic acids is 8. The Kier molecular flexibility index (Phi) is 108. The number of carbonyl (C=O) groups excluding carboxylic acids is 8. The van der Waals surface area contributed by atoms with Gasteiger partial charge in [-0.2, -0.15) is 0 Å². The summed E-state index contributed by atoms with van der Waals surface area (Å²) in [7, 11) is 10.0. The molecule has 0 aromatic carbocycles. The van der Waals surface area contributed by atoms with Crippen LogP contribution in [0.1, 0.15) is 484 Å². The van der Waals surface area contributed by atoms with E-state index in [1.54, 1.807) is 0 Å². The lowest BCUT2D eigenvalue weighted by molar-refractivity contribution is -0.931. The van der Waals surface area contributed by atoms with Gasteiger partial charge in [0.2, 0.25) is 0 Å². The third kappa shape index (κ3) is 108. The lowest BCUT2D eigenvalue weighted by Gasteiger charge is -2.40. The first-order valence-electron chi connectivity index (χ1n) is 57.8. The fourth-order valence-corrected chi connectivity index (χ4v) is 23.1. The maximum absolute atomic E-state index is 11.2. The van der Waals surface area contributed by atoms with Gasteiger partial charge in [0.05, 0.1) is 162 Å². The molecule has 0 saturated heterocycles. The van der Waals surface area contributed by atoms with Gasteiger partial charge < -0.3 is 111 Å². The largest absolute Gasteiger partial charge is 0.550 e. The zero-order valence-electron chi connectivity index (χ0n) is 96.4. The minimum Gasteiger partial charge on any atom is -0.550 e. The summed E-state index contributed by atoms with van der Waals surface area (Å²) in [5, 5.41) is 95.9. The number of hydrogen-bond donors (Lipinski definition) is 1. The molecule has 0 radical (unpaired) electrons. The first-order valence-corrected chi connectivity index (χ1v) is 61.3. The molecule has 1 N–H and O–H groups in total. The van der Waals surface area contributed by atoms with Gasteiger partial charge in [-0.3, -0.25) is 0 Å². The van der Waals surface area contributed by atoms with Gasteiger partial charge in [-0.05, 0) is 219 Å². The van der Waals surface area contributed by atoms with Crippen molar-refractivity contribution in [2.45, 2.75) is 490 Å². The molecule has 1 aliphatic carbocycles. The van der Waals surface area contributed by atoms with Crippen LogP contribution in [0.15, 0.2) is 0 Å². The van der Waals surface area contributed by atoms with Crippen LogP contribution in [-0.2, 0) is 60.1 Å². The van der Waals surface area contributed by atoms with Crippen molar-refractivity contribution in [1.29, 1.82) is 0 Å². The summed E-state index contributed by atoms with van der Waals surface area (Å²) in [5.74, 6) is -1.58. The third-order valence-electron chi connectivity index (χ3n) is 27.0. The maximum atomic E-state index is 11.2. The molecular weight excluding hydrogens is 1800 g/mol. The number of quaternary nitrogens is 6. The van der Waals surface area contributed by atoms with E-state index in [2.05, 4.69) is 125 Å². The lowest BCUT2D eigenvalue weighted by Crippen LogP contribution is -2.55. The fourth-order valence-electron chi connectivity index (χ4n) is 19.0. The number of carbonyl (C=O) groups is 8. The molecule has 1 unspecified atom stereocenters. The highest BCUT2D eigenvalue weighted by Crippen LogP contribution is 2.29. The molecule has 838 valence electrons. The SMILES string of the molecule is CC(C)(C)CCCCCC[N+](C)(C)CC(=O)[O-].CCCCCCCC[S+](CCCCCCCC)CC(=O)[O-].CCCCC[N+](C)(CCCCC)CC(=O)[O-].CCCCC[N+](CCCCC)(CCCCC)CC(=O)[O-].CCCCC[S+](CCCCC)CC(=O)[O-].CCCC[N+](CCCC)(CCCC)CC(O)CC(=O)[O-].CCC[N+](CCC)(CCC)CC(=O)[O-].C[N+](C)(CCCCC1CCCCC1)CC(=O)[O-]. The van der Waals surface area contributed by atoms with Crippen LogP contribution in [0.2, 0.25) is 0 Å². The van der Waals surface area contributed by atoms with E-state index in [4.69, 9.17) is 0 Å². The van der Waals surface area contributed by atoms with E-state index < -0.39 is 53.9 Å². The topological polar surface area (TPSA) is 341 Å². The molecule has 0 heterocycles. The molecule has 1 rings (SSSR count). The third-order valence-corrected chi connectivity index (χ3v) is 31.8. The molecule has 1 aliphatic rings. The number of likely N-dealkylation sites (N-methyl/N-ethyl adjacent to an activating group) is 3. The second-order valence-electron chi connectivity index (χ2n) is 44.3. The van der Waals surface area contributed by atoms with Gasteiger partial charge in [-0.25, -0.2) is 0 Å². The smallest absolute Gasteiger partial charge is 0.147 e. The Bertz CT molecular complexity index is 2710. The summed E-state index contributed by atoms with van der Waals surface area (Å²) in [6.07, 6.45) is 66.1. The Morgan fingerprint density at radius 2 is 0.529 bits per heavy atom. The minimum absolute atomic E-state index is 0.0690. The first-order chi connectivity index (χ1) is 66.2. The second kappa shape index (κ2) is 101. The van der Waals surface area contributed by atoms with E-state index in [-0.39, 0.29) is 66.7 Å². The molecule has 0 bridgehead atoms. The van der Waals surface area contributed by atoms with E-state index in [9.17, 15) is 84.3 Å². The highest BCUT2D eigenvalue weighted by Gasteiger charge is 2.32. The first kappa shape index (κ1) is 149. The lowest BCUT2D eigenvalue weighted by atomic mass is 9.86. The number of aliphatic hydroxyl groups excluding tert-OH is 1. The van der Waals surface area contributed by atoms with Crippen molar-refractivity contribution < 1.29 is 111 Å². The molecular formula is C115H234N6O17S2. The number of nitrogens with zero attached hydrogens (tertiary/aromatic N) is 6. The van der Waals surface area contributed by atoms with Crippen LogP contribution in [0, 0.1) is 11.3 Å². The Morgan fingerprint density at radius 1 is 0.271 bits per heavy atom. The van der Waals surface area contributed by atoms with E-state index >= 15 is 0 Å². The fraction of sp³-hybridized carbons (Fsp3) is 0.930. The molecule has 0 aromatic rings. The van der Waals surface area contributed by atoms with Crippen molar-refractivity contribution in [2.75, 3.05) is 194 Å². The van der Waals surface area contributed by atoms with E-state index in [1.165, 1.54) is 250 Å². The standard InChI is InChI=1S/C18H36O2S.C17H35NO2.C16H33NO3.C14H27NO2.C14H29NO2.C13H27NO2.C12H24O2S.C11H23NO2/c1-3-5-7-9-11-13-15-21(17-18(19)20)16-14-12-10-8-6-4-2;1-4-7-10-13-18(16-17(19)20,14-11-8-5-2)15-12-9-6-3;1-4-7-10-17(11-8-5-2,12-9-6-3)14-15(18)13-16(19)20;1-15(2,12-14(16)17)11-7-6-10-13-8-4-3-5-9-13;1-14(2,3)10-8-6-7-9-11-15(4,5)12-13(16)17;1-4-6-8-10-14(3,12-13(15)16)11-9-7-5-2;1-3-5-7-9-15(11-12(13)14)10-8-6-4-2;1-4-7-12(8-5-2,9-6-3)10-11(13)14/h3-17H2,1-2H3;4-16H2,1-3H3;15,18H,4-14H2,1-3H3;13H,3-12H2,1-2H3;6-12H2,1-5H3;4-12H2,1-3H3;3-11H2,1-2H3;4-10H2,1-3H3. The molecule has 0 amide bonds. The average molecular weight is 2040 g/mol. The Balaban J connectivity index is -0.000000290. The molecule has 23 nitrogen and oxygen atoms in total. The van der Waals surface area contributed by atoms with Crippen molar-refractivity contribution in [3.05, 3.63) is 0 Å². The summed E-state index contributed by atoms with van der Waals surface area (Å²) in [5.41, 5.74) is 0.435. The van der Waals surface area contributed by atoms with Gasteiger partial charge in [-0.1, -0.05) is 292 Å². The molecule has 1 fully saturated rings. The van der Waals surface area contributed by atoms with Crippen molar-refractivity contribution in [1.82, 2.24) is 0 Å². The van der Waals surface area contributed by atoms with Crippen molar-refractivity contribution >= 4 is 69.5 Å². The maximum Gasteiger partial charge on any atom is 0.147 e. The predicted molar refractivity (Wildman–Crippen MR) is 580 cm³/mol. The zero-order valence-corrected chi connectivity index (χ0v) is 98.0. The minimum atomic E-state index is -1.16. The normalized spacial score (nSPS) is 12.7. The number of hydrogen-bond acceptors (Lipinski definition) is 17. The van der Waals surface area contributed by atoms with Crippen molar-refractivity contribution in [3.8, 4) is 0 Å². The molecule has 1 saturated carbocycles. The molecule has 0 aromatic heterocycles. The van der Waals surface area contributed by atoms with Crippen LogP contribution in [0.3, 0.4) is 0 Å². The quantitative estimate of drug-likeness (QED) is 0.0336. The van der Waals surface area contributed by atoms with Gasteiger partial charge in [0, 0.05) is 12.4 Å². The summed E-state index contributed by atoms with van der Waals surface area (Å²) in [4.78, 5) is 85.8. The number of rotatable bonds is 86. The molecule has 140 heavy (non-hydrogen) atoms. The number of unbranched alkanes of at least 4 members (excludes halogenated alkanes) is 31. The highest BCUT2D eigenvalue weighted by atomic mass is 32.2. The zero-order chi connectivity index (χ0) is 108. The molecule has 25 heteroatoms. The summed E-state index contributed by atoms with van der Waals surface area (Å²) >= 11 is 0. The van der Waals surface area contributed by atoms with Gasteiger partial charge >= 0.3 is 0 Å². The Labute approximate surface area is 871 Å². The van der Waals surface area contributed by atoms with E-state index in [0.717, 1.165) is 226 Å². The van der Waals surface area contributed by atoms with Crippen LogP contribution in [-0.4, -0.2) is 280 Å². The molecule has 1 atom stereocenters. The van der Waals surface area contributed by atoms with Crippen LogP contribution < -0.4 is 40.9 Å². The Hall–Kier alpha value is -3.82. The van der Waals surface area contributed by atoms with Crippen molar-refractivity contribution in [3.63, 3.8) is 0 Å². The summed E-state index contributed by atoms with van der Waals surface area (Å²) in [6.45, 7) is 53.5. The average Bonchev–Trinajstić information content (AvgIpc) is 0.879. The van der Waals surface area contributed by atoms with Crippen LogP contribution >= 0.6 is 0 Å². The number of carboxylic acid groups (broad SMARTS) is 8. The van der Waals surface area contributed by atoms with Crippen LogP contribution in [0.5, 0.6) is 0 Å². The summed E-state index contributed by atoms with van der Waals surface area (Å²) in [6, 6.07) is 0. The molecule has 0 spiro atoms. The summed E-state index contributed by atoms with van der Waals surface area (Å²) < 4.78 is 4.04. The van der Waals surface area contributed by atoms with E-state index in [1.807, 2.05) is 35.2 Å². The van der Waals surface area contributed by atoms with Gasteiger partial charge in [0.25, 0.3) is 0 Å². The van der Waals surface area contributed by atoms with Crippen LogP contribution in [0.4, 0.5) is 0 Å². The van der Waals surface area contributed by atoms with E-state index in [0.29, 0.717) is 35.6 Å². The molecule has 0 aliphatic heterocycles. The highest BCUT2D eigenvalue weighted by molar-refractivity contribution is 7.97. The number of aliphatic hydroxyl groups is 1. The Morgan fingerprint density at radius 3 is 0.829 bits per heavy atom. The van der Waals surface area contributed by atoms with Crippen molar-refractivity contribution in [2.24, 2.45) is 11.3 Å². The second-order valence-corrected chi connectivity index (χ2v) is 49.0. The van der Waals surface area contributed by atoms with Crippen LogP contribution in [0.25, 0.3) is 0 Å². The van der Waals surface area contributed by atoms with Gasteiger partial charge in [0.15, 0.2) is 0 Å².